The maximum Gasteiger partial charge on any atom is 0.417 e. The Kier molecular flexibility index (Phi) is 5.68. The number of aliphatic imine (C=N–C) groups is 1. The van der Waals surface area contributed by atoms with Crippen LogP contribution < -0.4 is 0 Å². The van der Waals surface area contributed by atoms with Crippen molar-refractivity contribution >= 4 is 52.5 Å². The predicted molar refractivity (Wildman–Crippen MR) is 76.7 cm³/mol. The highest BCUT2D eigenvalue weighted by Gasteiger charge is 2.37. The summed E-state index contributed by atoms with van der Waals surface area (Å²) in [6.07, 6.45) is -0.993. The first kappa shape index (κ1) is 17.1. The van der Waals surface area contributed by atoms with Crippen molar-refractivity contribution in [1.82, 2.24) is 4.90 Å². The largest absolute Gasteiger partial charge is 0.509 e. The molecule has 0 saturated heterocycles. The van der Waals surface area contributed by atoms with Crippen molar-refractivity contribution < 1.29 is 19.4 Å². The van der Waals surface area contributed by atoms with Crippen LogP contribution in [0.15, 0.2) is 16.3 Å². The maximum absolute atomic E-state index is 12.0. The van der Waals surface area contributed by atoms with Gasteiger partial charge in [0.15, 0.2) is 0 Å². The topological polar surface area (TPSA) is 79.2 Å². The number of alkyl halides is 3. The molecule has 1 aliphatic heterocycles. The molecule has 2 amide bonds. The zero-order valence-corrected chi connectivity index (χ0v) is 13.1. The van der Waals surface area contributed by atoms with E-state index >= 15 is 0 Å². The standard InChI is InChI=1S/C11H13Cl3N2O4/c1-3-15-6(2)8-7(17)4-16(9(8)18)10(19)20-5-11(12,13)14/h17H,3-5H2,1-2H3. The summed E-state index contributed by atoms with van der Waals surface area (Å²) in [6.45, 7) is 3.02. The minimum atomic E-state index is -1.77. The van der Waals surface area contributed by atoms with Gasteiger partial charge in [-0.25, -0.2) is 9.69 Å². The second-order valence-electron chi connectivity index (χ2n) is 3.94. The lowest BCUT2D eigenvalue weighted by molar-refractivity contribution is -0.123. The quantitative estimate of drug-likeness (QED) is 0.631. The average molecular weight is 344 g/mol. The van der Waals surface area contributed by atoms with Crippen molar-refractivity contribution in [2.24, 2.45) is 4.99 Å². The molecule has 0 atom stereocenters. The molecule has 0 aromatic carbocycles. The highest BCUT2D eigenvalue weighted by atomic mass is 35.6. The zero-order chi connectivity index (χ0) is 15.5. The Labute approximate surface area is 130 Å². The first-order chi connectivity index (χ1) is 9.17. The van der Waals surface area contributed by atoms with E-state index in [1.54, 1.807) is 13.8 Å². The number of imide groups is 1. The number of halogens is 3. The van der Waals surface area contributed by atoms with Gasteiger partial charge in [-0.1, -0.05) is 34.8 Å². The van der Waals surface area contributed by atoms with Crippen LogP contribution in [-0.2, 0) is 9.53 Å². The molecule has 0 radical (unpaired) electrons. The van der Waals surface area contributed by atoms with Crippen molar-refractivity contribution in [3.05, 3.63) is 11.3 Å². The lowest BCUT2D eigenvalue weighted by Crippen LogP contribution is -2.36. The number of aliphatic hydroxyl groups excluding tert-OH is 1. The van der Waals surface area contributed by atoms with Gasteiger partial charge in [-0.2, -0.15) is 0 Å². The Morgan fingerprint density at radius 2 is 2.10 bits per heavy atom. The third-order valence-corrected chi connectivity index (χ3v) is 2.72. The first-order valence-corrected chi connectivity index (χ1v) is 6.79. The van der Waals surface area contributed by atoms with E-state index in [1.165, 1.54) is 0 Å². The van der Waals surface area contributed by atoms with E-state index in [-0.39, 0.29) is 17.9 Å². The van der Waals surface area contributed by atoms with E-state index in [2.05, 4.69) is 9.73 Å². The molecule has 1 rings (SSSR count). The summed E-state index contributed by atoms with van der Waals surface area (Å²) in [6, 6.07) is 0. The lowest BCUT2D eigenvalue weighted by Gasteiger charge is -2.16. The van der Waals surface area contributed by atoms with Gasteiger partial charge in [-0.3, -0.25) is 9.79 Å². The molecular formula is C11H13Cl3N2O4. The van der Waals surface area contributed by atoms with Gasteiger partial charge in [0.1, 0.15) is 17.9 Å². The van der Waals surface area contributed by atoms with Crippen LogP contribution in [0.1, 0.15) is 13.8 Å². The van der Waals surface area contributed by atoms with Crippen LogP contribution in [0.2, 0.25) is 0 Å². The Morgan fingerprint density at radius 1 is 1.50 bits per heavy atom. The third kappa shape index (κ3) is 4.26. The van der Waals surface area contributed by atoms with E-state index in [1.807, 2.05) is 0 Å². The highest BCUT2D eigenvalue weighted by molar-refractivity contribution is 6.67. The zero-order valence-electron chi connectivity index (χ0n) is 10.8. The smallest absolute Gasteiger partial charge is 0.417 e. The summed E-state index contributed by atoms with van der Waals surface area (Å²) in [7, 11) is 0. The minimum Gasteiger partial charge on any atom is -0.509 e. The van der Waals surface area contributed by atoms with E-state index in [4.69, 9.17) is 34.8 Å². The molecule has 0 fully saturated rings. The van der Waals surface area contributed by atoms with Gasteiger partial charge in [-0.05, 0) is 13.8 Å². The van der Waals surface area contributed by atoms with E-state index in [9.17, 15) is 14.7 Å². The SMILES string of the molecule is CCN=C(C)C1=C(O)CN(C(=O)OCC(Cl)(Cl)Cl)C1=O. The Bertz CT molecular complexity index is 483. The fraction of sp³-hybridized carbons (Fsp3) is 0.545. The molecule has 0 bridgehead atoms. The second-order valence-corrected chi connectivity index (χ2v) is 6.46. The molecular weight excluding hydrogens is 330 g/mol. The number of hydrogen-bond acceptors (Lipinski definition) is 5. The summed E-state index contributed by atoms with van der Waals surface area (Å²) in [5.74, 6) is -0.929. The second kappa shape index (κ2) is 6.65. The molecule has 1 heterocycles. The number of ether oxygens (including phenoxy) is 1. The van der Waals surface area contributed by atoms with Crippen LogP contribution in [-0.4, -0.2) is 51.2 Å². The van der Waals surface area contributed by atoms with Crippen molar-refractivity contribution in [1.29, 1.82) is 0 Å². The number of nitrogens with zero attached hydrogens (tertiary/aromatic N) is 2. The maximum atomic E-state index is 12.0. The number of rotatable bonds is 3. The number of aliphatic hydroxyl groups is 1. The number of carbonyl (C=O) groups excluding carboxylic acids is 2. The summed E-state index contributed by atoms with van der Waals surface area (Å²) >= 11 is 16.3. The number of amides is 2. The molecule has 20 heavy (non-hydrogen) atoms. The normalized spacial score (nSPS) is 16.9. The molecule has 0 aliphatic carbocycles. The molecule has 0 unspecified atom stereocenters. The number of hydrogen-bond donors (Lipinski definition) is 1. The summed E-state index contributed by atoms with van der Waals surface area (Å²) in [5, 5.41) is 9.75. The van der Waals surface area contributed by atoms with Gasteiger partial charge >= 0.3 is 6.09 Å². The molecule has 0 saturated carbocycles. The average Bonchev–Trinajstić information content (AvgIpc) is 2.61. The van der Waals surface area contributed by atoms with Crippen LogP contribution in [0.5, 0.6) is 0 Å². The Hall–Kier alpha value is -0.980. The summed E-state index contributed by atoms with van der Waals surface area (Å²) in [4.78, 5) is 28.5. The monoisotopic (exact) mass is 342 g/mol. The van der Waals surface area contributed by atoms with Crippen molar-refractivity contribution in [3.8, 4) is 0 Å². The fourth-order valence-corrected chi connectivity index (χ4v) is 1.77. The van der Waals surface area contributed by atoms with Gasteiger partial charge in [-0.15, -0.1) is 0 Å². The number of carbonyl (C=O) groups is 2. The molecule has 1 aliphatic rings. The first-order valence-electron chi connectivity index (χ1n) is 5.66. The van der Waals surface area contributed by atoms with Crippen LogP contribution >= 0.6 is 34.8 Å². The molecule has 9 heteroatoms. The van der Waals surface area contributed by atoms with Crippen LogP contribution in [0.25, 0.3) is 0 Å². The lowest BCUT2D eigenvalue weighted by atomic mass is 10.1. The van der Waals surface area contributed by atoms with Crippen LogP contribution in [0.4, 0.5) is 4.79 Å². The molecule has 0 aromatic rings. The predicted octanol–water partition coefficient (Wildman–Crippen LogP) is 2.63. The summed E-state index contributed by atoms with van der Waals surface area (Å²) < 4.78 is 2.92. The molecule has 0 aromatic heterocycles. The van der Waals surface area contributed by atoms with E-state index in [0.717, 1.165) is 4.90 Å². The van der Waals surface area contributed by atoms with Gasteiger partial charge in [0.25, 0.3) is 5.91 Å². The van der Waals surface area contributed by atoms with Gasteiger partial charge < -0.3 is 9.84 Å². The summed E-state index contributed by atoms with van der Waals surface area (Å²) in [5.41, 5.74) is 0.351. The third-order valence-electron chi connectivity index (χ3n) is 2.39. The minimum absolute atomic E-state index is 0.00214. The van der Waals surface area contributed by atoms with Crippen LogP contribution in [0, 0.1) is 0 Å². The molecule has 0 spiro atoms. The molecule has 1 N–H and O–H groups in total. The Morgan fingerprint density at radius 3 is 2.60 bits per heavy atom. The molecule has 112 valence electrons. The van der Waals surface area contributed by atoms with Gasteiger partial charge in [0.05, 0.1) is 6.54 Å². The van der Waals surface area contributed by atoms with Crippen LogP contribution in [0.3, 0.4) is 0 Å². The van der Waals surface area contributed by atoms with Gasteiger partial charge in [0, 0.05) is 12.3 Å². The van der Waals surface area contributed by atoms with Crippen molar-refractivity contribution in [3.63, 3.8) is 0 Å². The van der Waals surface area contributed by atoms with E-state index in [0.29, 0.717) is 12.3 Å². The molecule has 6 nitrogen and oxygen atoms in total. The van der Waals surface area contributed by atoms with E-state index < -0.39 is 22.4 Å². The van der Waals surface area contributed by atoms with Crippen molar-refractivity contribution in [2.75, 3.05) is 19.7 Å². The van der Waals surface area contributed by atoms with Gasteiger partial charge in [0.2, 0.25) is 3.79 Å². The highest BCUT2D eigenvalue weighted by Crippen LogP contribution is 2.27. The Balaban J connectivity index is 2.78. The fourth-order valence-electron chi connectivity index (χ4n) is 1.61. The van der Waals surface area contributed by atoms with Crippen molar-refractivity contribution in [2.45, 2.75) is 17.6 Å².